The SMILES string of the molecule is CCCc1noc(CCC(=O)NC2(C(=O)O)CCCC2)n1. The van der Waals surface area contributed by atoms with Gasteiger partial charge in [0.05, 0.1) is 0 Å². The molecule has 2 N–H and O–H groups in total. The number of carboxylic acid groups (broad SMARTS) is 1. The average Bonchev–Trinajstić information content (AvgIpc) is 3.07. The lowest BCUT2D eigenvalue weighted by atomic mass is 9.97. The van der Waals surface area contributed by atoms with Gasteiger partial charge in [-0.1, -0.05) is 24.9 Å². The third-order valence-corrected chi connectivity index (χ3v) is 3.79. The highest BCUT2D eigenvalue weighted by molar-refractivity contribution is 5.87. The molecule has 0 radical (unpaired) electrons. The number of aryl methyl sites for hydroxylation is 2. The van der Waals surface area contributed by atoms with Gasteiger partial charge in [0, 0.05) is 19.3 Å². The van der Waals surface area contributed by atoms with Crippen LogP contribution < -0.4 is 5.32 Å². The molecule has 7 nitrogen and oxygen atoms in total. The largest absolute Gasteiger partial charge is 0.480 e. The Morgan fingerprint density at radius 1 is 1.33 bits per heavy atom. The number of carboxylic acids is 1. The van der Waals surface area contributed by atoms with Crippen molar-refractivity contribution in [2.75, 3.05) is 0 Å². The summed E-state index contributed by atoms with van der Waals surface area (Å²) in [4.78, 5) is 27.5. The maximum Gasteiger partial charge on any atom is 0.329 e. The van der Waals surface area contributed by atoms with Crippen LogP contribution in [0.5, 0.6) is 0 Å². The first kappa shape index (κ1) is 15.5. The Morgan fingerprint density at radius 2 is 2.05 bits per heavy atom. The Labute approximate surface area is 123 Å². The van der Waals surface area contributed by atoms with E-state index < -0.39 is 11.5 Å². The van der Waals surface area contributed by atoms with Gasteiger partial charge in [-0.2, -0.15) is 4.98 Å². The zero-order valence-electron chi connectivity index (χ0n) is 12.2. The van der Waals surface area contributed by atoms with Gasteiger partial charge < -0.3 is 14.9 Å². The number of hydrogen-bond donors (Lipinski definition) is 2. The van der Waals surface area contributed by atoms with Crippen molar-refractivity contribution in [1.29, 1.82) is 0 Å². The topological polar surface area (TPSA) is 105 Å². The molecule has 1 fully saturated rings. The van der Waals surface area contributed by atoms with Crippen LogP contribution in [0.25, 0.3) is 0 Å². The van der Waals surface area contributed by atoms with E-state index in [9.17, 15) is 14.7 Å². The molecule has 0 aliphatic heterocycles. The normalized spacial score (nSPS) is 16.8. The summed E-state index contributed by atoms with van der Waals surface area (Å²) in [5, 5.41) is 15.8. The number of hydrogen-bond acceptors (Lipinski definition) is 5. The molecule has 0 bridgehead atoms. The van der Waals surface area contributed by atoms with Crippen molar-refractivity contribution < 1.29 is 19.2 Å². The van der Waals surface area contributed by atoms with Gasteiger partial charge in [0.15, 0.2) is 5.82 Å². The van der Waals surface area contributed by atoms with Crippen LogP contribution in [0, 0.1) is 0 Å². The third kappa shape index (κ3) is 3.80. The zero-order valence-corrected chi connectivity index (χ0v) is 12.2. The number of carbonyl (C=O) groups excluding carboxylic acids is 1. The van der Waals surface area contributed by atoms with Gasteiger partial charge in [0.2, 0.25) is 11.8 Å². The molecule has 116 valence electrons. The number of aromatic nitrogens is 2. The van der Waals surface area contributed by atoms with E-state index in [1.54, 1.807) is 0 Å². The number of rotatable bonds is 7. The van der Waals surface area contributed by atoms with Crippen molar-refractivity contribution in [3.63, 3.8) is 0 Å². The van der Waals surface area contributed by atoms with Gasteiger partial charge in [-0.3, -0.25) is 4.79 Å². The summed E-state index contributed by atoms with van der Waals surface area (Å²) in [5.74, 6) is -0.166. The Kier molecular flexibility index (Phi) is 4.93. The number of nitrogens with zero attached hydrogens (tertiary/aromatic N) is 2. The van der Waals surface area contributed by atoms with Crippen molar-refractivity contribution in [1.82, 2.24) is 15.5 Å². The second kappa shape index (κ2) is 6.69. The molecule has 1 aliphatic rings. The van der Waals surface area contributed by atoms with Crippen LogP contribution in [0.1, 0.15) is 57.2 Å². The minimum absolute atomic E-state index is 0.156. The lowest BCUT2D eigenvalue weighted by Gasteiger charge is -2.25. The minimum Gasteiger partial charge on any atom is -0.480 e. The predicted octanol–water partition coefficient (Wildman–Crippen LogP) is 1.47. The Morgan fingerprint density at radius 3 is 2.67 bits per heavy atom. The maximum atomic E-state index is 12.0. The van der Waals surface area contributed by atoms with E-state index in [1.807, 2.05) is 6.92 Å². The molecular weight excluding hydrogens is 274 g/mol. The van der Waals surface area contributed by atoms with Crippen LogP contribution in [0.2, 0.25) is 0 Å². The summed E-state index contributed by atoms with van der Waals surface area (Å²) >= 11 is 0. The predicted molar refractivity (Wildman–Crippen MR) is 73.6 cm³/mol. The molecule has 0 unspecified atom stereocenters. The molecule has 1 amide bonds. The first-order chi connectivity index (χ1) is 10.1. The van der Waals surface area contributed by atoms with Crippen molar-refractivity contribution >= 4 is 11.9 Å². The molecular formula is C14H21N3O4. The van der Waals surface area contributed by atoms with Gasteiger partial charge in [-0.25, -0.2) is 4.79 Å². The maximum absolute atomic E-state index is 12.0. The smallest absolute Gasteiger partial charge is 0.329 e. The first-order valence-electron chi connectivity index (χ1n) is 7.41. The molecule has 1 aromatic heterocycles. The monoisotopic (exact) mass is 295 g/mol. The Hall–Kier alpha value is -1.92. The van der Waals surface area contributed by atoms with E-state index >= 15 is 0 Å². The summed E-state index contributed by atoms with van der Waals surface area (Å²) in [6, 6.07) is 0. The van der Waals surface area contributed by atoms with Crippen LogP contribution in [0.15, 0.2) is 4.52 Å². The molecule has 7 heteroatoms. The quantitative estimate of drug-likeness (QED) is 0.789. The summed E-state index contributed by atoms with van der Waals surface area (Å²) in [5.41, 5.74) is -1.08. The fourth-order valence-corrected chi connectivity index (χ4v) is 2.64. The van der Waals surface area contributed by atoms with Gasteiger partial charge in [-0.05, 0) is 19.3 Å². The molecule has 21 heavy (non-hydrogen) atoms. The third-order valence-electron chi connectivity index (χ3n) is 3.79. The van der Waals surface area contributed by atoms with Crippen LogP contribution in [-0.2, 0) is 22.4 Å². The molecule has 0 aromatic carbocycles. The van der Waals surface area contributed by atoms with Crippen molar-refractivity contribution in [3.05, 3.63) is 11.7 Å². The minimum atomic E-state index is -1.08. The first-order valence-corrected chi connectivity index (χ1v) is 7.41. The molecule has 0 spiro atoms. The average molecular weight is 295 g/mol. The van der Waals surface area contributed by atoms with E-state index in [1.165, 1.54) is 0 Å². The van der Waals surface area contributed by atoms with Gasteiger partial charge >= 0.3 is 5.97 Å². The van der Waals surface area contributed by atoms with Crippen LogP contribution in [0.3, 0.4) is 0 Å². The highest BCUT2D eigenvalue weighted by Gasteiger charge is 2.42. The second-order valence-corrected chi connectivity index (χ2v) is 5.50. The molecule has 1 aliphatic carbocycles. The summed E-state index contributed by atoms with van der Waals surface area (Å²) in [6.07, 6.45) is 4.82. The van der Waals surface area contributed by atoms with Crippen molar-refractivity contribution in [2.24, 2.45) is 0 Å². The number of aliphatic carboxylic acids is 1. The molecule has 1 saturated carbocycles. The van der Waals surface area contributed by atoms with E-state index in [4.69, 9.17) is 4.52 Å². The van der Waals surface area contributed by atoms with E-state index in [2.05, 4.69) is 15.5 Å². The highest BCUT2D eigenvalue weighted by Crippen LogP contribution is 2.30. The van der Waals surface area contributed by atoms with Crippen LogP contribution >= 0.6 is 0 Å². The number of nitrogens with one attached hydrogen (secondary N) is 1. The highest BCUT2D eigenvalue weighted by atomic mass is 16.5. The molecule has 1 heterocycles. The van der Waals surface area contributed by atoms with E-state index in [0.29, 0.717) is 31.0 Å². The van der Waals surface area contributed by atoms with E-state index in [0.717, 1.165) is 25.7 Å². The van der Waals surface area contributed by atoms with Gasteiger partial charge in [0.25, 0.3) is 0 Å². The van der Waals surface area contributed by atoms with Crippen molar-refractivity contribution in [3.8, 4) is 0 Å². The molecule has 1 aromatic rings. The Balaban J connectivity index is 1.85. The molecule has 2 rings (SSSR count). The number of carbonyl (C=O) groups is 2. The Bertz CT molecular complexity index is 506. The van der Waals surface area contributed by atoms with E-state index in [-0.39, 0.29) is 12.3 Å². The lowest BCUT2D eigenvalue weighted by Crippen LogP contribution is -2.52. The summed E-state index contributed by atoms with van der Waals surface area (Å²) in [6.45, 7) is 2.02. The summed E-state index contributed by atoms with van der Waals surface area (Å²) in [7, 11) is 0. The lowest BCUT2D eigenvalue weighted by molar-refractivity contribution is -0.147. The molecule has 0 saturated heterocycles. The van der Waals surface area contributed by atoms with Crippen LogP contribution in [-0.4, -0.2) is 32.7 Å². The second-order valence-electron chi connectivity index (χ2n) is 5.50. The van der Waals surface area contributed by atoms with Gasteiger partial charge in [-0.15, -0.1) is 0 Å². The standard InChI is InChI=1S/C14H21N3O4/c1-2-5-10-15-12(21-17-10)7-6-11(18)16-14(13(19)20)8-3-4-9-14/h2-9H2,1H3,(H,16,18)(H,19,20). The number of amides is 1. The zero-order chi connectivity index (χ0) is 15.3. The van der Waals surface area contributed by atoms with Crippen LogP contribution in [0.4, 0.5) is 0 Å². The fraction of sp³-hybridized carbons (Fsp3) is 0.714. The van der Waals surface area contributed by atoms with Gasteiger partial charge in [0.1, 0.15) is 5.54 Å². The molecule has 0 atom stereocenters. The fourth-order valence-electron chi connectivity index (χ4n) is 2.64. The van der Waals surface area contributed by atoms with Crippen molar-refractivity contribution in [2.45, 2.75) is 63.8 Å². The summed E-state index contributed by atoms with van der Waals surface area (Å²) < 4.78 is 5.05.